The van der Waals surface area contributed by atoms with Crippen LogP contribution in [0, 0.1) is 0 Å². The Bertz CT molecular complexity index is 1940. The Balaban J connectivity index is 0.00000580. The van der Waals surface area contributed by atoms with Gasteiger partial charge in [0.05, 0.1) is 54.4 Å². The zero-order valence-corrected chi connectivity index (χ0v) is 30.8. The number of hydrogen-bond acceptors (Lipinski definition) is 15. The van der Waals surface area contributed by atoms with Crippen molar-refractivity contribution in [3.05, 3.63) is 63.7 Å². The average molecular weight is 787 g/mol. The molecule has 55 heavy (non-hydrogen) atoms. The van der Waals surface area contributed by atoms with Crippen molar-refractivity contribution in [2.45, 2.75) is 88.1 Å². The van der Waals surface area contributed by atoms with E-state index in [-0.39, 0.29) is 65.5 Å². The molecule has 17 nitrogen and oxygen atoms in total. The second-order valence-corrected chi connectivity index (χ2v) is 13.8. The van der Waals surface area contributed by atoms with Gasteiger partial charge in [-0.15, -0.1) is 12.4 Å². The number of imide groups is 1. The molecule has 0 saturated carbocycles. The third-order valence-electron chi connectivity index (χ3n) is 10.3. The Labute approximate surface area is 321 Å². The summed E-state index contributed by atoms with van der Waals surface area (Å²) in [5.41, 5.74) is 4.46. The third-order valence-corrected chi connectivity index (χ3v) is 10.3. The Morgan fingerprint density at radius 2 is 1.75 bits per heavy atom. The number of aromatic hydroxyl groups is 2. The fraction of sp³-hybridized carbons (Fsp3) is 0.459. The van der Waals surface area contributed by atoms with E-state index in [0.717, 1.165) is 4.90 Å². The third kappa shape index (κ3) is 7.73. The van der Waals surface area contributed by atoms with Crippen molar-refractivity contribution >= 4 is 47.4 Å². The molecule has 0 aromatic heterocycles. The topological polar surface area (TPSA) is 268 Å². The van der Waals surface area contributed by atoms with E-state index in [1.54, 1.807) is 6.92 Å². The number of nitrogens with two attached hydrogens (primary N) is 1. The highest BCUT2D eigenvalue weighted by molar-refractivity contribution is 6.31. The maximum atomic E-state index is 14.0. The first-order valence-corrected chi connectivity index (χ1v) is 17.5. The van der Waals surface area contributed by atoms with Crippen LogP contribution in [0.2, 0.25) is 0 Å². The van der Waals surface area contributed by atoms with Gasteiger partial charge in [0, 0.05) is 67.1 Å². The molecule has 0 bridgehead atoms. The Kier molecular flexibility index (Phi) is 12.5. The summed E-state index contributed by atoms with van der Waals surface area (Å²) in [6.45, 7) is 0.910. The van der Waals surface area contributed by atoms with Gasteiger partial charge in [-0.25, -0.2) is 5.43 Å². The van der Waals surface area contributed by atoms with E-state index in [1.807, 2.05) is 0 Å². The molecule has 2 aliphatic carbocycles. The van der Waals surface area contributed by atoms with Gasteiger partial charge in [0.2, 0.25) is 11.7 Å². The minimum absolute atomic E-state index is 0. The normalized spacial score (nSPS) is 26.0. The summed E-state index contributed by atoms with van der Waals surface area (Å²) in [6.07, 6.45) is -1.56. The van der Waals surface area contributed by atoms with Crippen molar-refractivity contribution in [1.29, 1.82) is 0 Å². The molecule has 2 aromatic rings. The van der Waals surface area contributed by atoms with Crippen LogP contribution < -0.4 is 15.9 Å². The van der Waals surface area contributed by atoms with Crippen molar-refractivity contribution in [2.75, 3.05) is 20.3 Å². The number of benzene rings is 2. The molecule has 2 aliphatic heterocycles. The number of carbonyl (C=O) groups excluding carboxylic acids is 5. The van der Waals surface area contributed by atoms with E-state index < -0.39 is 108 Å². The van der Waals surface area contributed by atoms with E-state index in [4.69, 9.17) is 19.9 Å². The largest absolute Gasteiger partial charge is 0.507 e. The van der Waals surface area contributed by atoms with Gasteiger partial charge in [-0.3, -0.25) is 28.9 Å². The quantitative estimate of drug-likeness (QED) is 0.0441. The highest BCUT2D eigenvalue weighted by Crippen LogP contribution is 2.52. The minimum atomic E-state index is -2.16. The molecule has 6 atom stereocenters. The van der Waals surface area contributed by atoms with Crippen LogP contribution in [-0.4, -0.2) is 116 Å². The number of nitrogens with zero attached hydrogens (tertiary/aromatic N) is 2. The van der Waals surface area contributed by atoms with Gasteiger partial charge in [-0.2, -0.15) is 5.10 Å². The van der Waals surface area contributed by atoms with Crippen LogP contribution in [0.1, 0.15) is 94.5 Å². The Morgan fingerprint density at radius 3 is 2.40 bits per heavy atom. The van der Waals surface area contributed by atoms with E-state index in [9.17, 15) is 49.5 Å². The molecule has 1 saturated heterocycles. The molecule has 6 rings (SSSR count). The van der Waals surface area contributed by atoms with E-state index in [2.05, 4.69) is 10.5 Å². The van der Waals surface area contributed by atoms with Crippen LogP contribution in [0.5, 0.6) is 17.2 Å². The lowest BCUT2D eigenvalue weighted by atomic mass is 9.71. The zero-order valence-electron chi connectivity index (χ0n) is 30.0. The molecule has 3 amide bonds. The van der Waals surface area contributed by atoms with Crippen LogP contribution in [0.25, 0.3) is 0 Å². The van der Waals surface area contributed by atoms with Crippen molar-refractivity contribution in [3.8, 4) is 17.2 Å². The molecular formula is C37H43ClN4O13. The number of methoxy groups -OCH3 is 1. The first-order chi connectivity index (χ1) is 25.7. The van der Waals surface area contributed by atoms with Gasteiger partial charge in [-0.05, 0) is 25.8 Å². The van der Waals surface area contributed by atoms with E-state index in [1.165, 1.54) is 37.5 Å². The number of rotatable bonds is 12. The molecule has 1 unspecified atom stereocenters. The summed E-state index contributed by atoms with van der Waals surface area (Å²) in [5, 5.41) is 60.5. The standard InChI is InChI=1S/C37H42N4O13.ClH/c1-17-32(46)20(38)13-27(53-17)54-22-15-37(51,23(16-42)39-40-24(43)9-4-3-5-12-41-25(44)10-11-26(41)45)14-19-29(22)36(50)31-30(34(19)48)33(47)18-7-6-8-21(52-2)28(18)35(31)49;/h6-8,10-11,17,20,22,27,32,42,46,48,50-51H,3-5,9,12-16,38H2,1-2H3,(H,40,43);1H/b39-23+;/t17-,20?,22-,27-,32+,37-;/m0./s1. The number of unbranched alkanes of at least 4 members (excludes halogenated alkanes) is 2. The molecule has 4 aliphatic rings. The summed E-state index contributed by atoms with van der Waals surface area (Å²) in [4.78, 5) is 65.1. The number of aliphatic hydroxyl groups excluding tert-OH is 2. The molecule has 296 valence electrons. The SMILES string of the molecule is COc1cccc2c1C(=O)c1c(O)c3c(c(O)c1C2=O)C[C@@](O)(/C(CO)=N/NC(=O)CCCCCN1C(=O)C=CC1=O)C[C@@H]3O[C@H]1CC(N)[C@H](O)[C@H](C)O1.Cl. The lowest BCUT2D eigenvalue weighted by molar-refractivity contribution is -0.245. The highest BCUT2D eigenvalue weighted by atomic mass is 35.5. The monoisotopic (exact) mass is 786 g/mol. The minimum Gasteiger partial charge on any atom is -0.507 e. The number of fused-ring (bicyclic) bond motifs is 3. The lowest BCUT2D eigenvalue weighted by Gasteiger charge is -2.43. The number of halogens is 1. The fourth-order valence-corrected chi connectivity index (χ4v) is 7.47. The number of phenols is 2. The van der Waals surface area contributed by atoms with E-state index in [0.29, 0.717) is 19.3 Å². The summed E-state index contributed by atoms with van der Waals surface area (Å²) in [7, 11) is 1.32. The van der Waals surface area contributed by atoms with Gasteiger partial charge in [0.25, 0.3) is 11.8 Å². The summed E-state index contributed by atoms with van der Waals surface area (Å²) < 4.78 is 17.4. The molecule has 2 aromatic carbocycles. The maximum absolute atomic E-state index is 14.0. The molecule has 18 heteroatoms. The van der Waals surface area contributed by atoms with Crippen molar-refractivity contribution in [2.24, 2.45) is 10.8 Å². The molecule has 8 N–H and O–H groups in total. The maximum Gasteiger partial charge on any atom is 0.253 e. The first-order valence-electron chi connectivity index (χ1n) is 17.5. The lowest BCUT2D eigenvalue weighted by Crippen LogP contribution is -2.53. The summed E-state index contributed by atoms with van der Waals surface area (Å²) >= 11 is 0. The summed E-state index contributed by atoms with van der Waals surface area (Å²) in [6, 6.07) is 3.57. The van der Waals surface area contributed by atoms with Crippen LogP contribution in [0.4, 0.5) is 0 Å². The Hall–Kier alpha value is -4.75. The number of ether oxygens (including phenoxy) is 3. The van der Waals surface area contributed by atoms with Crippen LogP contribution >= 0.6 is 12.4 Å². The van der Waals surface area contributed by atoms with Gasteiger partial charge < -0.3 is 45.5 Å². The predicted molar refractivity (Wildman–Crippen MR) is 194 cm³/mol. The van der Waals surface area contributed by atoms with Gasteiger partial charge in [0.1, 0.15) is 22.8 Å². The number of ketones is 2. The molecule has 0 radical (unpaired) electrons. The average Bonchev–Trinajstić information content (AvgIpc) is 3.46. The van der Waals surface area contributed by atoms with E-state index >= 15 is 0 Å². The predicted octanol–water partition coefficient (Wildman–Crippen LogP) is 0.812. The second-order valence-electron chi connectivity index (χ2n) is 13.8. The zero-order chi connectivity index (χ0) is 39.1. The van der Waals surface area contributed by atoms with Crippen LogP contribution in [0.15, 0.2) is 35.5 Å². The number of hydrazone groups is 1. The van der Waals surface area contributed by atoms with Crippen molar-refractivity contribution in [3.63, 3.8) is 0 Å². The van der Waals surface area contributed by atoms with Crippen LogP contribution in [0.3, 0.4) is 0 Å². The first kappa shape index (κ1) is 41.4. The molecule has 1 fully saturated rings. The number of carbonyl (C=O) groups is 5. The number of amides is 3. The van der Waals surface area contributed by atoms with Gasteiger partial charge in [0.15, 0.2) is 12.1 Å². The van der Waals surface area contributed by atoms with Crippen molar-refractivity contribution in [1.82, 2.24) is 10.3 Å². The number of nitrogens with one attached hydrogen (secondary N) is 1. The van der Waals surface area contributed by atoms with Gasteiger partial charge >= 0.3 is 0 Å². The number of hydrogen-bond donors (Lipinski definition) is 7. The molecule has 2 heterocycles. The van der Waals surface area contributed by atoms with Gasteiger partial charge in [-0.1, -0.05) is 18.6 Å². The molecule has 0 spiro atoms. The van der Waals surface area contributed by atoms with Crippen LogP contribution in [-0.2, 0) is 30.3 Å². The summed E-state index contributed by atoms with van der Waals surface area (Å²) in [5.74, 6) is -4.25. The number of phenolic OH excluding ortho intramolecular Hbond substituents is 2. The smallest absolute Gasteiger partial charge is 0.253 e. The fourth-order valence-electron chi connectivity index (χ4n) is 7.47. The Morgan fingerprint density at radius 1 is 1.05 bits per heavy atom. The van der Waals surface area contributed by atoms with Crippen molar-refractivity contribution < 1.29 is 63.7 Å². The number of aliphatic hydroxyl groups is 3. The highest BCUT2D eigenvalue weighted by Gasteiger charge is 2.49. The second kappa shape index (κ2) is 16.5. The molecular weight excluding hydrogens is 744 g/mol.